The van der Waals surface area contributed by atoms with Crippen molar-refractivity contribution < 1.29 is 5.11 Å². The second-order valence-corrected chi connectivity index (χ2v) is 12.4. The first-order valence-electron chi connectivity index (χ1n) is 13.5. The van der Waals surface area contributed by atoms with E-state index < -0.39 is 0 Å². The number of aromatic hydroxyl groups is 1. The smallest absolute Gasteiger partial charge is 0.265 e. The molecule has 0 radical (unpaired) electrons. The van der Waals surface area contributed by atoms with Gasteiger partial charge in [0.1, 0.15) is 15.8 Å². The molecule has 0 saturated heterocycles. The van der Waals surface area contributed by atoms with Crippen LogP contribution in [-0.4, -0.2) is 19.6 Å². The molecule has 7 heteroatoms. The first-order chi connectivity index (χ1) is 20.5. The lowest BCUT2D eigenvalue weighted by Gasteiger charge is -2.18. The highest BCUT2D eigenvalue weighted by molar-refractivity contribution is 7.15. The maximum absolute atomic E-state index is 14.8. The van der Waals surface area contributed by atoms with E-state index in [1.807, 2.05) is 111 Å². The van der Waals surface area contributed by atoms with Crippen LogP contribution < -0.4 is 5.56 Å². The predicted molar refractivity (Wildman–Crippen MR) is 174 cm³/mol. The molecule has 42 heavy (non-hydrogen) atoms. The van der Waals surface area contributed by atoms with Crippen LogP contribution in [-0.2, 0) is 0 Å². The van der Waals surface area contributed by atoms with Crippen LogP contribution in [0, 0.1) is 13.8 Å². The van der Waals surface area contributed by atoms with Crippen LogP contribution in [0.1, 0.15) is 9.75 Å². The van der Waals surface area contributed by atoms with E-state index in [-0.39, 0.29) is 11.3 Å². The molecule has 0 aliphatic heterocycles. The molecular formula is C35H25N3O2S2. The van der Waals surface area contributed by atoms with Gasteiger partial charge in [-0.2, -0.15) is 0 Å². The number of phenolic OH excluding ortho intramolecular Hbond substituents is 1. The van der Waals surface area contributed by atoms with Crippen LogP contribution in [0.15, 0.2) is 114 Å². The van der Waals surface area contributed by atoms with Gasteiger partial charge in [0.2, 0.25) is 0 Å². The maximum Gasteiger partial charge on any atom is 0.265 e. The normalized spacial score (nSPS) is 11.3. The Morgan fingerprint density at radius 2 is 1.14 bits per heavy atom. The van der Waals surface area contributed by atoms with Crippen LogP contribution in [0.4, 0.5) is 0 Å². The van der Waals surface area contributed by atoms with E-state index in [4.69, 9.17) is 9.97 Å². The molecule has 0 aliphatic carbocycles. The topological polar surface area (TPSA) is 68.0 Å². The van der Waals surface area contributed by atoms with E-state index in [1.54, 1.807) is 39.4 Å². The number of hydrogen-bond acceptors (Lipinski definition) is 6. The zero-order valence-corrected chi connectivity index (χ0v) is 24.5. The molecule has 3 aromatic heterocycles. The Morgan fingerprint density at radius 3 is 1.69 bits per heavy atom. The van der Waals surface area contributed by atoms with Gasteiger partial charge in [0.15, 0.2) is 0 Å². The molecule has 204 valence electrons. The van der Waals surface area contributed by atoms with E-state index in [2.05, 4.69) is 0 Å². The molecule has 0 aliphatic rings. The molecule has 0 bridgehead atoms. The molecule has 0 fully saturated rings. The van der Waals surface area contributed by atoms with Crippen molar-refractivity contribution in [1.29, 1.82) is 0 Å². The lowest BCUT2D eigenvalue weighted by molar-refractivity contribution is 0.476. The standard InChI is InChI=1S/C35H25N3O2S2/c1-21-31(36-33(41-21)23-12-6-3-7-13-23)29-27-19-18-26(39)20-28(27)38(25-16-10-5-11-17-25)35(40)30(29)32-22(2)42-34(37-32)24-14-8-4-9-15-24/h3-20,39H,1-2H3. The SMILES string of the molecule is Cc1sc(-c2ccccc2)nc1-c1c(-c2nc(-c3ccccc3)sc2C)c2ccc(O)cc2n(-c2ccccc2)c1=O. The van der Waals surface area contributed by atoms with Crippen molar-refractivity contribution >= 4 is 33.6 Å². The Balaban J connectivity index is 1.61. The summed E-state index contributed by atoms with van der Waals surface area (Å²) in [6, 6.07) is 34.8. The summed E-state index contributed by atoms with van der Waals surface area (Å²) in [4.78, 5) is 27.0. The van der Waals surface area contributed by atoms with Gasteiger partial charge in [-0.15, -0.1) is 22.7 Å². The molecule has 0 atom stereocenters. The number of nitrogens with zero attached hydrogens (tertiary/aromatic N) is 3. The van der Waals surface area contributed by atoms with E-state index in [0.29, 0.717) is 22.5 Å². The van der Waals surface area contributed by atoms with Crippen LogP contribution >= 0.6 is 22.7 Å². The highest BCUT2D eigenvalue weighted by Crippen LogP contribution is 2.43. The third kappa shape index (κ3) is 4.43. The molecule has 1 N–H and O–H groups in total. The number of fused-ring (bicyclic) bond motifs is 1. The van der Waals surface area contributed by atoms with Gasteiger partial charge in [0, 0.05) is 43.6 Å². The van der Waals surface area contributed by atoms with Crippen molar-refractivity contribution in [2.75, 3.05) is 0 Å². The van der Waals surface area contributed by atoms with E-state index >= 15 is 0 Å². The molecule has 0 spiro atoms. The first-order valence-corrected chi connectivity index (χ1v) is 15.2. The minimum absolute atomic E-state index is 0.0847. The molecule has 0 saturated carbocycles. The highest BCUT2D eigenvalue weighted by atomic mass is 32.1. The van der Waals surface area contributed by atoms with E-state index in [9.17, 15) is 9.90 Å². The number of para-hydroxylation sites is 1. The van der Waals surface area contributed by atoms with E-state index in [1.165, 1.54) is 0 Å². The lowest BCUT2D eigenvalue weighted by Crippen LogP contribution is -2.22. The fourth-order valence-electron chi connectivity index (χ4n) is 5.34. The second kappa shape index (κ2) is 10.5. The summed E-state index contributed by atoms with van der Waals surface area (Å²) in [5.74, 6) is 0.0847. The van der Waals surface area contributed by atoms with Crippen molar-refractivity contribution in [2.24, 2.45) is 0 Å². The summed E-state index contributed by atoms with van der Waals surface area (Å²) >= 11 is 3.18. The monoisotopic (exact) mass is 583 g/mol. The highest BCUT2D eigenvalue weighted by Gasteiger charge is 2.27. The van der Waals surface area contributed by atoms with Gasteiger partial charge in [-0.05, 0) is 38.1 Å². The van der Waals surface area contributed by atoms with Crippen molar-refractivity contribution in [3.63, 3.8) is 0 Å². The number of benzene rings is 4. The quantitative estimate of drug-likeness (QED) is 0.220. The van der Waals surface area contributed by atoms with Crippen LogP contribution in [0.3, 0.4) is 0 Å². The average molecular weight is 584 g/mol. The Kier molecular flexibility index (Phi) is 6.53. The zero-order chi connectivity index (χ0) is 28.8. The fourth-order valence-corrected chi connectivity index (χ4v) is 7.19. The van der Waals surface area contributed by atoms with Gasteiger partial charge in [-0.25, -0.2) is 9.97 Å². The zero-order valence-electron chi connectivity index (χ0n) is 22.9. The van der Waals surface area contributed by atoms with Gasteiger partial charge >= 0.3 is 0 Å². The van der Waals surface area contributed by atoms with E-state index in [0.717, 1.165) is 47.5 Å². The van der Waals surface area contributed by atoms with Gasteiger partial charge in [-0.3, -0.25) is 9.36 Å². The summed E-state index contributed by atoms with van der Waals surface area (Å²) < 4.78 is 1.68. The van der Waals surface area contributed by atoms with Crippen LogP contribution in [0.5, 0.6) is 5.75 Å². The van der Waals surface area contributed by atoms with Crippen LogP contribution in [0.25, 0.3) is 60.2 Å². The minimum atomic E-state index is -0.212. The van der Waals surface area contributed by atoms with Crippen molar-refractivity contribution in [2.45, 2.75) is 13.8 Å². The molecule has 7 rings (SSSR count). The summed E-state index contributed by atoms with van der Waals surface area (Å²) in [6.45, 7) is 4.06. The molecular weight excluding hydrogens is 559 g/mol. The van der Waals surface area contributed by atoms with Gasteiger partial charge < -0.3 is 5.11 Å². The molecule has 0 amide bonds. The maximum atomic E-state index is 14.8. The Labute approximate surface area is 250 Å². The first kappa shape index (κ1) is 26.1. The predicted octanol–water partition coefficient (Wildman–Crippen LogP) is 8.89. The van der Waals surface area contributed by atoms with Crippen molar-refractivity contribution in [3.05, 3.63) is 129 Å². The summed E-state index contributed by atoms with van der Waals surface area (Å²) in [6.07, 6.45) is 0. The summed E-state index contributed by atoms with van der Waals surface area (Å²) in [7, 11) is 0. The largest absolute Gasteiger partial charge is 0.508 e. The lowest BCUT2D eigenvalue weighted by atomic mass is 9.96. The number of phenols is 1. The third-order valence-corrected chi connectivity index (χ3v) is 9.32. The number of hydrogen-bond donors (Lipinski definition) is 1. The fraction of sp³-hybridized carbons (Fsp3) is 0.0571. The van der Waals surface area contributed by atoms with Gasteiger partial charge in [-0.1, -0.05) is 78.9 Å². The number of aryl methyl sites for hydroxylation is 2. The Bertz CT molecular complexity index is 2130. The number of rotatable bonds is 5. The van der Waals surface area contributed by atoms with Gasteiger partial charge in [0.25, 0.3) is 5.56 Å². The molecule has 4 aromatic carbocycles. The third-order valence-electron chi connectivity index (χ3n) is 7.28. The number of aromatic nitrogens is 3. The number of pyridine rings is 1. The summed E-state index contributed by atoms with van der Waals surface area (Å²) in [5, 5.41) is 13.1. The van der Waals surface area contributed by atoms with Crippen molar-refractivity contribution in [1.82, 2.24) is 14.5 Å². The minimum Gasteiger partial charge on any atom is -0.508 e. The summed E-state index contributed by atoms with van der Waals surface area (Å²) in [5.41, 5.74) is 5.75. The molecule has 5 nitrogen and oxygen atoms in total. The van der Waals surface area contributed by atoms with Crippen LogP contribution in [0.2, 0.25) is 0 Å². The second-order valence-electron chi connectivity index (χ2n) is 10.0. The molecule has 7 aromatic rings. The number of thiazole rings is 2. The van der Waals surface area contributed by atoms with Gasteiger partial charge in [0.05, 0.1) is 22.5 Å². The Morgan fingerprint density at radius 1 is 0.643 bits per heavy atom. The molecule has 3 heterocycles. The van der Waals surface area contributed by atoms with Crippen molar-refractivity contribution in [3.8, 4) is 55.1 Å². The average Bonchev–Trinajstić information content (AvgIpc) is 3.60. The Hall–Kier alpha value is -4.85. The molecule has 0 unspecified atom stereocenters.